The maximum Gasteiger partial charge on any atom is 0.329 e. The van der Waals surface area contributed by atoms with Gasteiger partial charge in [-0.1, -0.05) is 0 Å². The Balaban J connectivity index is 2.30. The quantitative estimate of drug-likeness (QED) is 0.622. The van der Waals surface area contributed by atoms with E-state index < -0.39 is 4.92 Å². The Morgan fingerprint density at radius 2 is 2.05 bits per heavy atom. The van der Waals surface area contributed by atoms with Crippen molar-refractivity contribution in [3.8, 4) is 5.75 Å². The second-order valence-corrected chi connectivity index (χ2v) is 4.07. The van der Waals surface area contributed by atoms with Gasteiger partial charge in [-0.25, -0.2) is 4.98 Å². The molecule has 0 radical (unpaired) electrons. The van der Waals surface area contributed by atoms with Crippen molar-refractivity contribution in [1.29, 1.82) is 0 Å². The van der Waals surface area contributed by atoms with E-state index in [-0.39, 0.29) is 11.5 Å². The maximum absolute atomic E-state index is 11.0. The average Bonchev–Trinajstić information content (AvgIpc) is 2.48. The van der Waals surface area contributed by atoms with E-state index in [0.29, 0.717) is 23.9 Å². The lowest BCUT2D eigenvalue weighted by atomic mass is 10.3. The normalized spacial score (nSPS) is 10.0. The molecule has 0 amide bonds. The van der Waals surface area contributed by atoms with E-state index in [4.69, 9.17) is 4.74 Å². The van der Waals surface area contributed by atoms with Crippen molar-refractivity contribution in [3.63, 3.8) is 0 Å². The molecule has 110 valence electrons. The highest BCUT2D eigenvalue weighted by Gasteiger charge is 2.17. The van der Waals surface area contributed by atoms with E-state index in [0.717, 1.165) is 0 Å². The number of ether oxygens (including phenoxy) is 1. The van der Waals surface area contributed by atoms with Gasteiger partial charge in [-0.15, -0.1) is 0 Å². The molecule has 0 fully saturated rings. The molecule has 2 rings (SSSR count). The number of nitrogens with one attached hydrogen (secondary N) is 2. The Labute approximate surface area is 121 Å². The van der Waals surface area contributed by atoms with Gasteiger partial charge in [-0.2, -0.15) is 4.98 Å². The molecule has 0 saturated carbocycles. The smallest absolute Gasteiger partial charge is 0.329 e. The molecule has 2 N–H and O–H groups in total. The SMILES string of the molecule is CCNc1ncc([N+](=O)[O-])c(Nc2ccc(OC)cc2)n1. The Morgan fingerprint density at radius 1 is 1.33 bits per heavy atom. The first kappa shape index (κ1) is 14.5. The van der Waals surface area contributed by atoms with Gasteiger partial charge in [-0.3, -0.25) is 10.1 Å². The lowest BCUT2D eigenvalue weighted by Crippen LogP contribution is -2.06. The molecule has 0 saturated heterocycles. The van der Waals surface area contributed by atoms with Gasteiger partial charge in [0.15, 0.2) is 0 Å². The lowest BCUT2D eigenvalue weighted by Gasteiger charge is -2.08. The zero-order valence-electron chi connectivity index (χ0n) is 11.7. The number of benzene rings is 1. The van der Waals surface area contributed by atoms with Gasteiger partial charge in [0.05, 0.1) is 12.0 Å². The molecule has 0 atom stereocenters. The number of hydrogen-bond acceptors (Lipinski definition) is 7. The van der Waals surface area contributed by atoms with Gasteiger partial charge in [0.1, 0.15) is 11.9 Å². The molecular weight excluding hydrogens is 274 g/mol. The fraction of sp³-hybridized carbons (Fsp3) is 0.231. The van der Waals surface area contributed by atoms with Crippen molar-refractivity contribution in [1.82, 2.24) is 9.97 Å². The highest BCUT2D eigenvalue weighted by atomic mass is 16.6. The summed E-state index contributed by atoms with van der Waals surface area (Å²) in [6.45, 7) is 2.52. The van der Waals surface area contributed by atoms with Crippen LogP contribution in [0.15, 0.2) is 30.5 Å². The molecule has 8 heteroatoms. The largest absolute Gasteiger partial charge is 0.497 e. The van der Waals surface area contributed by atoms with Crippen molar-refractivity contribution >= 4 is 23.1 Å². The van der Waals surface area contributed by atoms with Gasteiger partial charge in [0.25, 0.3) is 0 Å². The van der Waals surface area contributed by atoms with Gasteiger partial charge in [-0.05, 0) is 31.2 Å². The lowest BCUT2D eigenvalue weighted by molar-refractivity contribution is -0.384. The van der Waals surface area contributed by atoms with Crippen LogP contribution in [0.5, 0.6) is 5.75 Å². The highest BCUT2D eigenvalue weighted by molar-refractivity contribution is 5.66. The topological polar surface area (TPSA) is 102 Å². The number of anilines is 3. The van der Waals surface area contributed by atoms with Gasteiger partial charge in [0.2, 0.25) is 11.8 Å². The van der Waals surface area contributed by atoms with Crippen LogP contribution in [-0.4, -0.2) is 28.5 Å². The van der Waals surface area contributed by atoms with Crippen molar-refractivity contribution in [2.45, 2.75) is 6.92 Å². The first-order valence-corrected chi connectivity index (χ1v) is 6.30. The predicted octanol–water partition coefficient (Wildman–Crippen LogP) is 2.57. The summed E-state index contributed by atoms with van der Waals surface area (Å²) in [6, 6.07) is 7.00. The predicted molar refractivity (Wildman–Crippen MR) is 79.1 cm³/mol. The monoisotopic (exact) mass is 289 g/mol. The van der Waals surface area contributed by atoms with Crippen molar-refractivity contribution in [2.75, 3.05) is 24.3 Å². The van der Waals surface area contributed by atoms with E-state index >= 15 is 0 Å². The number of nitro groups is 1. The second kappa shape index (κ2) is 6.51. The van der Waals surface area contributed by atoms with E-state index in [2.05, 4.69) is 20.6 Å². The third-order valence-electron chi connectivity index (χ3n) is 2.65. The van der Waals surface area contributed by atoms with E-state index in [1.54, 1.807) is 31.4 Å². The number of nitrogens with zero attached hydrogens (tertiary/aromatic N) is 3. The van der Waals surface area contributed by atoms with Crippen molar-refractivity contribution in [3.05, 3.63) is 40.6 Å². The minimum Gasteiger partial charge on any atom is -0.497 e. The standard InChI is InChI=1S/C13H15N5O3/c1-3-14-13-15-8-11(18(19)20)12(17-13)16-9-4-6-10(21-2)7-5-9/h4-8H,3H2,1-2H3,(H2,14,15,16,17). The Kier molecular flexibility index (Phi) is 4.50. The zero-order valence-corrected chi connectivity index (χ0v) is 11.7. The Hall–Kier alpha value is -2.90. The van der Waals surface area contributed by atoms with Crippen LogP contribution >= 0.6 is 0 Å². The molecule has 1 heterocycles. The minimum absolute atomic E-state index is 0.135. The molecule has 0 aliphatic carbocycles. The number of hydrogen-bond donors (Lipinski definition) is 2. The van der Waals surface area contributed by atoms with Crippen molar-refractivity contribution < 1.29 is 9.66 Å². The van der Waals surface area contributed by atoms with Crippen LogP contribution in [0.1, 0.15) is 6.92 Å². The first-order valence-electron chi connectivity index (χ1n) is 6.30. The highest BCUT2D eigenvalue weighted by Crippen LogP contribution is 2.26. The minimum atomic E-state index is -0.526. The number of rotatable bonds is 6. The van der Waals surface area contributed by atoms with Gasteiger partial charge < -0.3 is 15.4 Å². The molecule has 8 nitrogen and oxygen atoms in total. The van der Waals surface area contributed by atoms with Gasteiger partial charge >= 0.3 is 5.69 Å². The second-order valence-electron chi connectivity index (χ2n) is 4.07. The summed E-state index contributed by atoms with van der Waals surface area (Å²) < 4.78 is 5.06. The van der Waals surface area contributed by atoms with Crippen LogP contribution in [0.3, 0.4) is 0 Å². The van der Waals surface area contributed by atoms with Crippen LogP contribution < -0.4 is 15.4 Å². The maximum atomic E-state index is 11.0. The molecule has 0 unspecified atom stereocenters. The third kappa shape index (κ3) is 3.56. The summed E-state index contributed by atoms with van der Waals surface area (Å²) in [5.41, 5.74) is 0.479. The number of aromatic nitrogens is 2. The average molecular weight is 289 g/mol. The van der Waals surface area contributed by atoms with E-state index in [1.165, 1.54) is 6.20 Å². The summed E-state index contributed by atoms with van der Waals surface area (Å²) >= 11 is 0. The molecule has 0 aliphatic rings. The summed E-state index contributed by atoms with van der Waals surface area (Å²) in [5, 5.41) is 16.9. The Bertz CT molecular complexity index is 630. The molecule has 0 aliphatic heterocycles. The molecule has 1 aromatic carbocycles. The summed E-state index contributed by atoms with van der Waals surface area (Å²) in [5.74, 6) is 1.17. The third-order valence-corrected chi connectivity index (χ3v) is 2.65. The van der Waals surface area contributed by atoms with Crippen LogP contribution in [0.4, 0.5) is 23.1 Å². The molecule has 0 bridgehead atoms. The zero-order chi connectivity index (χ0) is 15.2. The number of methoxy groups -OCH3 is 1. The Morgan fingerprint density at radius 3 is 2.62 bits per heavy atom. The van der Waals surface area contributed by atoms with Crippen LogP contribution in [0.2, 0.25) is 0 Å². The molecule has 1 aromatic heterocycles. The molecular formula is C13H15N5O3. The van der Waals surface area contributed by atoms with E-state index in [9.17, 15) is 10.1 Å². The summed E-state index contributed by atoms with van der Waals surface area (Å²) in [4.78, 5) is 18.5. The molecule has 2 aromatic rings. The van der Waals surface area contributed by atoms with Crippen LogP contribution in [0, 0.1) is 10.1 Å². The summed E-state index contributed by atoms with van der Waals surface area (Å²) in [7, 11) is 1.57. The molecule has 21 heavy (non-hydrogen) atoms. The fourth-order valence-corrected chi connectivity index (χ4v) is 1.66. The first-order chi connectivity index (χ1) is 10.1. The molecule has 0 spiro atoms. The van der Waals surface area contributed by atoms with Crippen molar-refractivity contribution in [2.24, 2.45) is 0 Å². The van der Waals surface area contributed by atoms with Gasteiger partial charge in [0, 0.05) is 12.2 Å². The van der Waals surface area contributed by atoms with Crippen LogP contribution in [-0.2, 0) is 0 Å². The fourth-order valence-electron chi connectivity index (χ4n) is 1.66. The van der Waals surface area contributed by atoms with E-state index in [1.807, 2.05) is 6.92 Å². The van der Waals surface area contributed by atoms with Crippen LogP contribution in [0.25, 0.3) is 0 Å². The summed E-state index contributed by atoms with van der Waals surface area (Å²) in [6.07, 6.45) is 1.18.